The van der Waals surface area contributed by atoms with E-state index in [4.69, 9.17) is 14.1 Å². The number of fused-ring (bicyclic) bond motifs is 1. The second-order valence-electron chi connectivity index (χ2n) is 8.92. The molecule has 11 heteroatoms. The molecule has 0 fully saturated rings. The molecule has 4 aromatic heterocycles. The van der Waals surface area contributed by atoms with Gasteiger partial charge in [0, 0.05) is 31.7 Å². The monoisotopic (exact) mass is 556 g/mol. The lowest BCUT2D eigenvalue weighted by Gasteiger charge is -2.17. The third kappa shape index (κ3) is 6.16. The van der Waals surface area contributed by atoms with E-state index >= 15 is 0 Å². The number of carbonyl (C=O) groups excluding carboxylic acids is 2. The van der Waals surface area contributed by atoms with Crippen LogP contribution in [0.2, 0.25) is 0 Å². The maximum atomic E-state index is 13.2. The van der Waals surface area contributed by atoms with E-state index in [2.05, 4.69) is 21.9 Å². The number of carbonyl (C=O) groups is 2. The smallest absolute Gasteiger partial charge is 0.268 e. The summed E-state index contributed by atoms with van der Waals surface area (Å²) >= 11 is 1.31. The van der Waals surface area contributed by atoms with Gasteiger partial charge < -0.3 is 18.6 Å². The van der Waals surface area contributed by atoms with Crippen molar-refractivity contribution in [1.29, 1.82) is 0 Å². The Labute approximate surface area is 235 Å². The molecule has 0 saturated carbocycles. The van der Waals surface area contributed by atoms with Gasteiger partial charge in [-0.15, -0.1) is 17.9 Å². The van der Waals surface area contributed by atoms with E-state index in [0.717, 1.165) is 16.0 Å². The molecule has 5 aromatic rings. The molecule has 204 valence electrons. The van der Waals surface area contributed by atoms with Gasteiger partial charge in [-0.05, 0) is 48.4 Å². The van der Waals surface area contributed by atoms with E-state index in [9.17, 15) is 9.59 Å². The number of benzene rings is 1. The molecular weight excluding hydrogens is 528 g/mol. The van der Waals surface area contributed by atoms with Crippen molar-refractivity contribution < 1.29 is 18.7 Å². The van der Waals surface area contributed by atoms with Gasteiger partial charge in [-0.3, -0.25) is 19.9 Å². The first-order chi connectivity index (χ1) is 19.5. The molecule has 1 N–H and O–H groups in total. The van der Waals surface area contributed by atoms with Gasteiger partial charge in [0.2, 0.25) is 11.9 Å². The minimum atomic E-state index is -0.277. The van der Waals surface area contributed by atoms with Crippen LogP contribution in [0.5, 0.6) is 0 Å². The molecule has 0 unspecified atom stereocenters. The normalized spacial score (nSPS) is 11.0. The first kappa shape index (κ1) is 27.0. The van der Waals surface area contributed by atoms with Crippen LogP contribution < -0.4 is 10.2 Å². The van der Waals surface area contributed by atoms with Crippen LogP contribution in [0.4, 0.5) is 11.6 Å². The number of amides is 2. The molecule has 0 saturated heterocycles. The van der Waals surface area contributed by atoms with Gasteiger partial charge in [0.15, 0.2) is 12.2 Å². The average Bonchev–Trinajstić information content (AvgIpc) is 3.74. The standard InChI is InChI=1S/C29H28N6O4S/c1-3-14-38-15-11-27(36)34(2)21-6-7-23-22(16-21)32-29(35(23)13-10-20-5-4-12-30-17-20)33-28(37)26-9-8-25(40-26)24-18-31-19-39-24/h3-9,12,16-19H,1,10-11,13-15H2,2H3,(H,32,33,37). The van der Waals surface area contributed by atoms with Crippen molar-refractivity contribution in [2.45, 2.75) is 19.4 Å². The predicted octanol–water partition coefficient (Wildman–Crippen LogP) is 5.20. The van der Waals surface area contributed by atoms with Crippen molar-refractivity contribution in [1.82, 2.24) is 19.5 Å². The van der Waals surface area contributed by atoms with Crippen molar-refractivity contribution in [3.63, 3.8) is 0 Å². The number of pyridine rings is 1. The van der Waals surface area contributed by atoms with Crippen LogP contribution in [0.1, 0.15) is 21.7 Å². The molecular formula is C29H28N6O4S. The summed E-state index contributed by atoms with van der Waals surface area (Å²) < 4.78 is 12.7. The largest absolute Gasteiger partial charge is 0.443 e. The fourth-order valence-electron chi connectivity index (χ4n) is 4.17. The van der Waals surface area contributed by atoms with Crippen LogP contribution >= 0.6 is 11.3 Å². The van der Waals surface area contributed by atoms with Crippen LogP contribution in [0, 0.1) is 0 Å². The molecule has 2 amide bonds. The number of thiophene rings is 1. The van der Waals surface area contributed by atoms with E-state index in [1.165, 1.54) is 17.7 Å². The maximum absolute atomic E-state index is 13.2. The number of ether oxygens (including phenoxy) is 1. The molecule has 4 heterocycles. The van der Waals surface area contributed by atoms with Gasteiger partial charge in [0.25, 0.3) is 5.91 Å². The molecule has 0 aliphatic heterocycles. The molecule has 5 rings (SSSR count). The van der Waals surface area contributed by atoms with Crippen LogP contribution in [0.25, 0.3) is 21.7 Å². The highest BCUT2D eigenvalue weighted by Gasteiger charge is 2.19. The van der Waals surface area contributed by atoms with Gasteiger partial charge in [-0.2, -0.15) is 0 Å². The molecule has 0 spiro atoms. The lowest BCUT2D eigenvalue weighted by atomic mass is 10.2. The quantitative estimate of drug-likeness (QED) is 0.166. The molecule has 0 radical (unpaired) electrons. The first-order valence-corrected chi connectivity index (χ1v) is 13.5. The third-order valence-electron chi connectivity index (χ3n) is 6.27. The first-order valence-electron chi connectivity index (χ1n) is 12.7. The average molecular weight is 557 g/mol. The van der Waals surface area contributed by atoms with Crippen molar-refractivity contribution in [2.75, 3.05) is 30.5 Å². The zero-order valence-electron chi connectivity index (χ0n) is 21.9. The SMILES string of the molecule is C=CCOCCC(=O)N(C)c1ccc2c(c1)nc(NC(=O)c1ccc(-c3cnco3)s1)n2CCc1cccnc1. The minimum absolute atomic E-state index is 0.0757. The summed E-state index contributed by atoms with van der Waals surface area (Å²) in [6.45, 7) is 4.90. The van der Waals surface area contributed by atoms with Crippen LogP contribution in [-0.2, 0) is 22.5 Å². The van der Waals surface area contributed by atoms with Gasteiger partial charge in [-0.1, -0.05) is 12.1 Å². The van der Waals surface area contributed by atoms with E-state index in [0.29, 0.717) is 54.0 Å². The summed E-state index contributed by atoms with van der Waals surface area (Å²) in [5, 5.41) is 2.98. The van der Waals surface area contributed by atoms with Crippen molar-refractivity contribution in [3.8, 4) is 10.6 Å². The summed E-state index contributed by atoms with van der Waals surface area (Å²) in [5.41, 5.74) is 3.27. The number of rotatable bonds is 12. The number of hydrogen-bond acceptors (Lipinski definition) is 8. The minimum Gasteiger partial charge on any atom is -0.443 e. The topological polar surface area (TPSA) is 115 Å². The molecule has 0 atom stereocenters. The molecule has 1 aromatic carbocycles. The van der Waals surface area contributed by atoms with Crippen molar-refractivity contribution >= 4 is 45.8 Å². The Morgan fingerprint density at radius 2 is 2.10 bits per heavy atom. The summed E-state index contributed by atoms with van der Waals surface area (Å²) in [5.74, 6) is 0.669. The summed E-state index contributed by atoms with van der Waals surface area (Å²) in [6, 6.07) is 13.1. The Kier molecular flexibility index (Phi) is 8.43. The van der Waals surface area contributed by atoms with Crippen molar-refractivity contribution in [2.24, 2.45) is 0 Å². The van der Waals surface area contributed by atoms with Gasteiger partial charge >= 0.3 is 0 Å². The molecule has 0 aliphatic rings. The van der Waals surface area contributed by atoms with E-state index in [1.807, 2.05) is 47.2 Å². The number of hydrogen-bond donors (Lipinski definition) is 1. The number of oxazole rings is 1. The second kappa shape index (κ2) is 12.5. The molecule has 0 aliphatic carbocycles. The maximum Gasteiger partial charge on any atom is 0.268 e. The fraction of sp³-hybridized carbons (Fsp3) is 0.207. The molecule has 40 heavy (non-hydrogen) atoms. The third-order valence-corrected chi connectivity index (χ3v) is 7.36. The fourth-order valence-corrected chi connectivity index (χ4v) is 5.02. The highest BCUT2D eigenvalue weighted by molar-refractivity contribution is 7.17. The van der Waals surface area contributed by atoms with Gasteiger partial charge in [0.05, 0.1) is 46.6 Å². The second-order valence-corrected chi connectivity index (χ2v) is 10.0. The van der Waals surface area contributed by atoms with Gasteiger partial charge in [0.1, 0.15) is 0 Å². The van der Waals surface area contributed by atoms with Crippen LogP contribution in [0.3, 0.4) is 0 Å². The number of aryl methyl sites for hydroxylation is 2. The predicted molar refractivity (Wildman–Crippen MR) is 154 cm³/mol. The van der Waals surface area contributed by atoms with Crippen LogP contribution in [-0.4, -0.2) is 51.6 Å². The number of nitrogens with one attached hydrogen (secondary N) is 1. The number of aromatic nitrogens is 4. The molecule has 10 nitrogen and oxygen atoms in total. The highest BCUT2D eigenvalue weighted by Crippen LogP contribution is 2.29. The van der Waals surface area contributed by atoms with Crippen molar-refractivity contribution in [3.05, 3.63) is 90.5 Å². The highest BCUT2D eigenvalue weighted by atomic mass is 32.1. The Bertz CT molecular complexity index is 1610. The number of imidazole rings is 1. The zero-order chi connectivity index (χ0) is 27.9. The Morgan fingerprint density at radius 3 is 2.88 bits per heavy atom. The number of nitrogens with zero attached hydrogens (tertiary/aromatic N) is 5. The van der Waals surface area contributed by atoms with Crippen LogP contribution in [0.15, 0.2) is 84.5 Å². The number of anilines is 2. The summed E-state index contributed by atoms with van der Waals surface area (Å²) in [7, 11) is 1.72. The lowest BCUT2D eigenvalue weighted by molar-refractivity contribution is -0.119. The van der Waals surface area contributed by atoms with E-state index in [1.54, 1.807) is 36.5 Å². The molecule has 0 bridgehead atoms. The lowest BCUT2D eigenvalue weighted by Crippen LogP contribution is -2.27. The zero-order valence-corrected chi connectivity index (χ0v) is 22.8. The van der Waals surface area contributed by atoms with E-state index < -0.39 is 0 Å². The van der Waals surface area contributed by atoms with E-state index in [-0.39, 0.29) is 18.2 Å². The Hall–Kier alpha value is -4.61. The van der Waals surface area contributed by atoms with Gasteiger partial charge in [-0.25, -0.2) is 9.97 Å². The summed E-state index contributed by atoms with van der Waals surface area (Å²) in [4.78, 5) is 41.7. The Morgan fingerprint density at radius 1 is 1.20 bits per heavy atom. The summed E-state index contributed by atoms with van der Waals surface area (Å²) in [6.07, 6.45) is 9.12. The Balaban J connectivity index is 1.40.